The minimum atomic E-state index is -1.34. The number of hydrogen-bond acceptors (Lipinski definition) is 2. The van der Waals surface area contributed by atoms with E-state index in [9.17, 15) is 0 Å². The summed E-state index contributed by atoms with van der Waals surface area (Å²) in [6.07, 6.45) is 0.656. The molecule has 3 heteroatoms. The molecule has 0 heterocycles. The SMILES string of the molecule is C[Si](C)(C)C#Cc1ccc2cc(OCCCO)ccc2c1. The fourth-order valence-corrected chi connectivity index (χ4v) is 2.42. The minimum Gasteiger partial charge on any atom is -0.493 e. The quantitative estimate of drug-likeness (QED) is 0.528. The minimum absolute atomic E-state index is 0.159. The van der Waals surface area contributed by atoms with Gasteiger partial charge in [0.25, 0.3) is 0 Å². The number of rotatable bonds is 4. The third-order valence-electron chi connectivity index (χ3n) is 2.96. The Morgan fingerprint density at radius 1 is 1.05 bits per heavy atom. The van der Waals surface area contributed by atoms with Crippen molar-refractivity contribution in [2.45, 2.75) is 26.1 Å². The van der Waals surface area contributed by atoms with E-state index in [4.69, 9.17) is 9.84 Å². The van der Waals surface area contributed by atoms with Crippen molar-refractivity contribution in [3.05, 3.63) is 42.0 Å². The van der Waals surface area contributed by atoms with Gasteiger partial charge < -0.3 is 9.84 Å². The summed E-state index contributed by atoms with van der Waals surface area (Å²) in [7, 11) is -1.34. The normalized spacial score (nSPS) is 11.0. The summed E-state index contributed by atoms with van der Waals surface area (Å²) >= 11 is 0. The highest BCUT2D eigenvalue weighted by molar-refractivity contribution is 6.83. The monoisotopic (exact) mass is 298 g/mol. The van der Waals surface area contributed by atoms with Gasteiger partial charge in [-0.25, -0.2) is 0 Å². The molecule has 2 rings (SSSR count). The zero-order chi connectivity index (χ0) is 15.3. The molecule has 0 aliphatic carbocycles. The summed E-state index contributed by atoms with van der Waals surface area (Å²) < 4.78 is 5.59. The molecule has 2 aromatic carbocycles. The highest BCUT2D eigenvalue weighted by atomic mass is 28.3. The predicted molar refractivity (Wildman–Crippen MR) is 91.4 cm³/mol. The van der Waals surface area contributed by atoms with E-state index < -0.39 is 8.07 Å². The van der Waals surface area contributed by atoms with Gasteiger partial charge >= 0.3 is 0 Å². The molecule has 0 aromatic heterocycles. The molecule has 21 heavy (non-hydrogen) atoms. The fourth-order valence-electron chi connectivity index (χ4n) is 1.91. The van der Waals surface area contributed by atoms with E-state index in [0.717, 1.165) is 16.7 Å². The van der Waals surface area contributed by atoms with Gasteiger partial charge in [-0.1, -0.05) is 37.7 Å². The molecule has 110 valence electrons. The van der Waals surface area contributed by atoms with Crippen LogP contribution in [0.5, 0.6) is 5.75 Å². The van der Waals surface area contributed by atoms with E-state index in [1.807, 2.05) is 12.1 Å². The van der Waals surface area contributed by atoms with Crippen molar-refractivity contribution in [3.63, 3.8) is 0 Å². The van der Waals surface area contributed by atoms with Crippen LogP contribution in [0.2, 0.25) is 19.6 Å². The lowest BCUT2D eigenvalue weighted by molar-refractivity contribution is 0.234. The summed E-state index contributed by atoms with van der Waals surface area (Å²) in [5, 5.41) is 11.1. The summed E-state index contributed by atoms with van der Waals surface area (Å²) in [4.78, 5) is 0. The molecule has 0 spiro atoms. The van der Waals surface area contributed by atoms with Crippen LogP contribution in [0.15, 0.2) is 36.4 Å². The molecule has 2 nitrogen and oxygen atoms in total. The average Bonchev–Trinajstić information content (AvgIpc) is 2.44. The van der Waals surface area contributed by atoms with Crippen LogP contribution < -0.4 is 4.74 Å². The molecule has 2 aromatic rings. The number of benzene rings is 2. The van der Waals surface area contributed by atoms with Crippen LogP contribution in [-0.4, -0.2) is 26.4 Å². The van der Waals surface area contributed by atoms with Crippen molar-refractivity contribution in [1.29, 1.82) is 0 Å². The smallest absolute Gasteiger partial charge is 0.129 e. The number of aliphatic hydroxyl groups is 1. The first kappa shape index (κ1) is 15.6. The first-order chi connectivity index (χ1) is 9.98. The first-order valence-corrected chi connectivity index (χ1v) is 10.8. The second-order valence-electron chi connectivity index (χ2n) is 6.15. The van der Waals surface area contributed by atoms with Gasteiger partial charge in [0.05, 0.1) is 6.61 Å². The topological polar surface area (TPSA) is 29.5 Å². The Bertz CT molecular complexity index is 675. The van der Waals surface area contributed by atoms with Crippen LogP contribution in [0.4, 0.5) is 0 Å². The molecular weight excluding hydrogens is 276 g/mol. The van der Waals surface area contributed by atoms with E-state index >= 15 is 0 Å². The zero-order valence-corrected chi connectivity index (χ0v) is 13.9. The fraction of sp³-hybridized carbons (Fsp3) is 0.333. The average molecular weight is 298 g/mol. The van der Waals surface area contributed by atoms with Crippen molar-refractivity contribution in [1.82, 2.24) is 0 Å². The number of hydrogen-bond donors (Lipinski definition) is 1. The van der Waals surface area contributed by atoms with Crippen LogP contribution in [-0.2, 0) is 0 Å². The number of ether oxygens (including phenoxy) is 1. The molecule has 0 saturated carbocycles. The van der Waals surface area contributed by atoms with Crippen LogP contribution in [0, 0.1) is 11.5 Å². The van der Waals surface area contributed by atoms with Crippen molar-refractivity contribution in [2.24, 2.45) is 0 Å². The maximum Gasteiger partial charge on any atom is 0.129 e. The van der Waals surface area contributed by atoms with Crippen LogP contribution >= 0.6 is 0 Å². The molecule has 0 unspecified atom stereocenters. The van der Waals surface area contributed by atoms with Crippen molar-refractivity contribution in [2.75, 3.05) is 13.2 Å². The number of aliphatic hydroxyl groups excluding tert-OH is 1. The van der Waals surface area contributed by atoms with Gasteiger partial charge in [-0.15, -0.1) is 5.54 Å². The molecule has 0 bridgehead atoms. The van der Waals surface area contributed by atoms with E-state index in [2.05, 4.69) is 55.4 Å². The van der Waals surface area contributed by atoms with Gasteiger partial charge in [0.15, 0.2) is 0 Å². The van der Waals surface area contributed by atoms with Crippen LogP contribution in [0.3, 0.4) is 0 Å². The van der Waals surface area contributed by atoms with Gasteiger partial charge in [0.1, 0.15) is 13.8 Å². The van der Waals surface area contributed by atoms with Crippen molar-refractivity contribution in [3.8, 4) is 17.2 Å². The Balaban J connectivity index is 2.21. The van der Waals surface area contributed by atoms with Gasteiger partial charge in [-0.3, -0.25) is 0 Å². The molecule has 0 saturated heterocycles. The summed E-state index contributed by atoms with van der Waals surface area (Å²) in [5.74, 6) is 4.13. The lowest BCUT2D eigenvalue weighted by Crippen LogP contribution is -2.16. The third kappa shape index (κ3) is 4.93. The van der Waals surface area contributed by atoms with Crippen molar-refractivity contribution < 1.29 is 9.84 Å². The lowest BCUT2D eigenvalue weighted by atomic mass is 10.1. The zero-order valence-electron chi connectivity index (χ0n) is 12.9. The van der Waals surface area contributed by atoms with Gasteiger partial charge in [-0.2, -0.15) is 0 Å². The lowest BCUT2D eigenvalue weighted by Gasteiger charge is -2.07. The van der Waals surface area contributed by atoms with Gasteiger partial charge in [-0.05, 0) is 35.0 Å². The molecule has 0 atom stereocenters. The highest BCUT2D eigenvalue weighted by Crippen LogP contribution is 2.22. The summed E-state index contributed by atoms with van der Waals surface area (Å²) in [6, 6.07) is 12.3. The van der Waals surface area contributed by atoms with Gasteiger partial charge in [0.2, 0.25) is 0 Å². The second kappa shape index (κ2) is 6.80. The Hall–Kier alpha value is -1.76. The second-order valence-corrected chi connectivity index (χ2v) is 10.9. The molecule has 1 N–H and O–H groups in total. The molecule has 0 radical (unpaired) electrons. The first-order valence-electron chi connectivity index (χ1n) is 7.29. The maximum atomic E-state index is 8.76. The third-order valence-corrected chi connectivity index (χ3v) is 3.84. The van der Waals surface area contributed by atoms with Crippen LogP contribution in [0.25, 0.3) is 10.8 Å². The van der Waals surface area contributed by atoms with E-state index in [0.29, 0.717) is 13.0 Å². The Morgan fingerprint density at radius 3 is 2.48 bits per heavy atom. The Labute approximate surface area is 127 Å². The highest BCUT2D eigenvalue weighted by Gasteiger charge is 2.07. The van der Waals surface area contributed by atoms with E-state index in [1.54, 1.807) is 0 Å². The molecule has 0 aliphatic heterocycles. The van der Waals surface area contributed by atoms with Crippen LogP contribution in [0.1, 0.15) is 12.0 Å². The molecule has 0 fully saturated rings. The molecule has 0 amide bonds. The predicted octanol–water partition coefficient (Wildman–Crippen LogP) is 3.83. The Kier molecular flexibility index (Phi) is 5.06. The van der Waals surface area contributed by atoms with E-state index in [1.165, 1.54) is 5.39 Å². The molecule has 0 aliphatic rings. The number of fused-ring (bicyclic) bond motifs is 1. The molecular formula is C18H22O2Si. The Morgan fingerprint density at radius 2 is 1.76 bits per heavy atom. The van der Waals surface area contributed by atoms with E-state index in [-0.39, 0.29) is 6.61 Å². The summed E-state index contributed by atoms with van der Waals surface area (Å²) in [5.41, 5.74) is 4.46. The largest absolute Gasteiger partial charge is 0.493 e. The summed E-state index contributed by atoms with van der Waals surface area (Å²) in [6.45, 7) is 7.44. The maximum absolute atomic E-state index is 8.76. The van der Waals surface area contributed by atoms with Crippen molar-refractivity contribution >= 4 is 18.8 Å². The standard InChI is InChI=1S/C18H22O2Si/c1-21(2,3)12-9-15-5-6-17-14-18(20-11-4-10-19)8-7-16(17)13-15/h5-8,13-14,19H,4,10-11H2,1-3H3. The van der Waals surface area contributed by atoms with Gasteiger partial charge in [0, 0.05) is 18.6 Å².